The number of halogens is 1. The zero-order valence-corrected chi connectivity index (χ0v) is 8.04. The molecule has 0 N–H and O–H groups in total. The minimum Gasteiger partial charge on any atom is -0.294 e. The number of hydrogen-bond donors (Lipinski definition) is 0. The fraction of sp³-hybridized carbons (Fsp3) is 0.273. The minimum absolute atomic E-state index is 0.0368. The van der Waals surface area contributed by atoms with Crippen LogP contribution in [0.2, 0.25) is 0 Å². The average molecular weight is 191 g/mol. The van der Waals surface area contributed by atoms with Gasteiger partial charge in [0.25, 0.3) is 0 Å². The molecule has 0 saturated carbocycles. The first-order valence-electron chi connectivity index (χ1n) is 4.30. The van der Waals surface area contributed by atoms with E-state index in [4.69, 9.17) is 5.26 Å². The molecule has 0 saturated heterocycles. The van der Waals surface area contributed by atoms with Crippen molar-refractivity contribution in [3.8, 4) is 6.07 Å². The maximum Gasteiger partial charge on any atom is 0.165 e. The molecule has 0 amide bonds. The summed E-state index contributed by atoms with van der Waals surface area (Å²) < 4.78 is 13.1. The van der Waals surface area contributed by atoms with Crippen molar-refractivity contribution in [3.05, 3.63) is 35.1 Å². The predicted molar refractivity (Wildman–Crippen MR) is 50.3 cm³/mol. The summed E-state index contributed by atoms with van der Waals surface area (Å²) in [6, 6.07) is 5.62. The summed E-state index contributed by atoms with van der Waals surface area (Å²) in [7, 11) is 0. The highest BCUT2D eigenvalue weighted by molar-refractivity contribution is 5.97. The van der Waals surface area contributed by atoms with E-state index in [2.05, 4.69) is 0 Å². The van der Waals surface area contributed by atoms with Gasteiger partial charge < -0.3 is 0 Å². The van der Waals surface area contributed by atoms with Crippen LogP contribution in [0, 0.1) is 23.1 Å². The Kier molecular flexibility index (Phi) is 2.98. The molecule has 0 unspecified atom stereocenters. The standard InChI is InChI=1S/C11H10FNO/c1-7(2)11(14)8-3-4-9(6-13)10(12)5-8/h3-5,7H,1-2H3. The highest BCUT2D eigenvalue weighted by Gasteiger charge is 2.12. The average Bonchev–Trinajstić information content (AvgIpc) is 2.16. The van der Waals surface area contributed by atoms with Gasteiger partial charge in [-0.1, -0.05) is 13.8 Å². The quantitative estimate of drug-likeness (QED) is 0.674. The summed E-state index contributed by atoms with van der Waals surface area (Å²) in [5.74, 6) is -0.922. The summed E-state index contributed by atoms with van der Waals surface area (Å²) in [5, 5.41) is 8.48. The summed E-state index contributed by atoms with van der Waals surface area (Å²) in [6.07, 6.45) is 0. The van der Waals surface area contributed by atoms with E-state index in [1.165, 1.54) is 12.1 Å². The van der Waals surface area contributed by atoms with Crippen molar-refractivity contribution in [2.45, 2.75) is 13.8 Å². The molecule has 1 aromatic rings. The highest BCUT2D eigenvalue weighted by atomic mass is 19.1. The van der Waals surface area contributed by atoms with Crippen LogP contribution in [0.3, 0.4) is 0 Å². The number of carbonyl (C=O) groups is 1. The number of carbonyl (C=O) groups excluding carboxylic acids is 1. The van der Waals surface area contributed by atoms with Crippen molar-refractivity contribution >= 4 is 5.78 Å². The van der Waals surface area contributed by atoms with Crippen LogP contribution >= 0.6 is 0 Å². The van der Waals surface area contributed by atoms with E-state index in [-0.39, 0.29) is 17.3 Å². The Hall–Kier alpha value is -1.69. The Bertz CT molecular complexity index is 404. The molecular formula is C11H10FNO. The Morgan fingerprint density at radius 2 is 2.14 bits per heavy atom. The smallest absolute Gasteiger partial charge is 0.165 e. The first-order valence-corrected chi connectivity index (χ1v) is 4.30. The van der Waals surface area contributed by atoms with Crippen LogP contribution in [0.15, 0.2) is 18.2 Å². The monoisotopic (exact) mass is 191 g/mol. The van der Waals surface area contributed by atoms with Crippen LogP contribution < -0.4 is 0 Å². The number of benzene rings is 1. The molecule has 0 aromatic heterocycles. The fourth-order valence-corrected chi connectivity index (χ4v) is 1.09. The van der Waals surface area contributed by atoms with E-state index in [0.29, 0.717) is 5.56 Å². The number of nitrogens with zero attached hydrogens (tertiary/aromatic N) is 1. The number of ketones is 1. The second kappa shape index (κ2) is 4.01. The third kappa shape index (κ3) is 1.97. The van der Waals surface area contributed by atoms with Crippen LogP contribution in [-0.2, 0) is 0 Å². The lowest BCUT2D eigenvalue weighted by molar-refractivity contribution is 0.0939. The first-order chi connectivity index (χ1) is 6.56. The van der Waals surface area contributed by atoms with E-state index >= 15 is 0 Å². The van der Waals surface area contributed by atoms with Gasteiger partial charge in [0.2, 0.25) is 0 Å². The maximum atomic E-state index is 13.1. The van der Waals surface area contributed by atoms with Crippen molar-refractivity contribution in [2.24, 2.45) is 5.92 Å². The molecule has 0 aliphatic rings. The van der Waals surface area contributed by atoms with Crippen molar-refractivity contribution in [2.75, 3.05) is 0 Å². The van der Waals surface area contributed by atoms with E-state index < -0.39 is 5.82 Å². The Morgan fingerprint density at radius 1 is 1.50 bits per heavy atom. The fourth-order valence-electron chi connectivity index (χ4n) is 1.09. The first kappa shape index (κ1) is 10.4. The molecule has 0 atom stereocenters. The Morgan fingerprint density at radius 3 is 2.57 bits per heavy atom. The van der Waals surface area contributed by atoms with Crippen LogP contribution in [0.1, 0.15) is 29.8 Å². The molecule has 72 valence electrons. The third-order valence-corrected chi connectivity index (χ3v) is 1.90. The highest BCUT2D eigenvalue weighted by Crippen LogP contribution is 2.13. The molecule has 0 spiro atoms. The molecule has 0 radical (unpaired) electrons. The van der Waals surface area contributed by atoms with Gasteiger partial charge in [-0.15, -0.1) is 0 Å². The summed E-state index contributed by atoms with van der Waals surface area (Å²) in [6.45, 7) is 3.50. The number of rotatable bonds is 2. The molecule has 0 heterocycles. The molecule has 14 heavy (non-hydrogen) atoms. The molecule has 3 heteroatoms. The Balaban J connectivity index is 3.11. The lowest BCUT2D eigenvalue weighted by atomic mass is 10.00. The SMILES string of the molecule is CC(C)C(=O)c1ccc(C#N)c(F)c1. The van der Waals surface area contributed by atoms with Crippen LogP contribution in [0.4, 0.5) is 4.39 Å². The van der Waals surface area contributed by atoms with Gasteiger partial charge in [0.15, 0.2) is 5.78 Å². The van der Waals surface area contributed by atoms with Gasteiger partial charge in [0.1, 0.15) is 11.9 Å². The topological polar surface area (TPSA) is 40.9 Å². The molecular weight excluding hydrogens is 181 g/mol. The maximum absolute atomic E-state index is 13.1. The largest absolute Gasteiger partial charge is 0.294 e. The molecule has 1 rings (SSSR count). The van der Waals surface area contributed by atoms with Gasteiger partial charge in [-0.05, 0) is 18.2 Å². The third-order valence-electron chi connectivity index (χ3n) is 1.90. The van der Waals surface area contributed by atoms with Crippen molar-refractivity contribution < 1.29 is 9.18 Å². The zero-order valence-electron chi connectivity index (χ0n) is 8.04. The summed E-state index contributed by atoms with van der Waals surface area (Å²) in [4.78, 5) is 11.4. The zero-order chi connectivity index (χ0) is 10.7. The van der Waals surface area contributed by atoms with E-state index in [1.807, 2.05) is 0 Å². The van der Waals surface area contributed by atoms with Gasteiger partial charge in [-0.2, -0.15) is 5.26 Å². The van der Waals surface area contributed by atoms with Gasteiger partial charge in [0, 0.05) is 11.5 Å². The van der Waals surface area contributed by atoms with Crippen molar-refractivity contribution in [1.82, 2.24) is 0 Å². The molecule has 0 fully saturated rings. The summed E-state index contributed by atoms with van der Waals surface area (Å²) in [5.41, 5.74) is 0.279. The number of hydrogen-bond acceptors (Lipinski definition) is 2. The summed E-state index contributed by atoms with van der Waals surface area (Å²) >= 11 is 0. The van der Waals surface area contributed by atoms with Gasteiger partial charge >= 0.3 is 0 Å². The van der Waals surface area contributed by atoms with Crippen molar-refractivity contribution in [1.29, 1.82) is 5.26 Å². The molecule has 1 aromatic carbocycles. The van der Waals surface area contributed by atoms with Gasteiger partial charge in [-0.25, -0.2) is 4.39 Å². The van der Waals surface area contributed by atoms with Crippen LogP contribution in [-0.4, -0.2) is 5.78 Å². The van der Waals surface area contributed by atoms with Crippen LogP contribution in [0.5, 0.6) is 0 Å². The molecule has 0 bridgehead atoms. The molecule has 0 aliphatic carbocycles. The molecule has 2 nitrogen and oxygen atoms in total. The van der Waals surface area contributed by atoms with E-state index in [9.17, 15) is 9.18 Å². The van der Waals surface area contributed by atoms with Crippen LogP contribution in [0.25, 0.3) is 0 Å². The number of nitriles is 1. The molecule has 0 aliphatic heterocycles. The number of Topliss-reactive ketones (excluding diaryl/α,β-unsaturated/α-hetero) is 1. The van der Waals surface area contributed by atoms with E-state index in [0.717, 1.165) is 6.07 Å². The van der Waals surface area contributed by atoms with Crippen molar-refractivity contribution in [3.63, 3.8) is 0 Å². The lowest BCUT2D eigenvalue weighted by Crippen LogP contribution is -2.07. The Labute approximate surface area is 82.0 Å². The normalized spacial score (nSPS) is 9.93. The predicted octanol–water partition coefficient (Wildman–Crippen LogP) is 2.54. The lowest BCUT2D eigenvalue weighted by Gasteiger charge is -2.04. The van der Waals surface area contributed by atoms with Gasteiger partial charge in [0.05, 0.1) is 5.56 Å². The minimum atomic E-state index is -0.640. The van der Waals surface area contributed by atoms with E-state index in [1.54, 1.807) is 19.9 Å². The second-order valence-corrected chi connectivity index (χ2v) is 3.33. The second-order valence-electron chi connectivity index (χ2n) is 3.33. The van der Waals surface area contributed by atoms with Gasteiger partial charge in [-0.3, -0.25) is 4.79 Å².